The highest BCUT2D eigenvalue weighted by Gasteiger charge is 2.50. The second-order valence-electron chi connectivity index (χ2n) is 9.41. The third-order valence-electron chi connectivity index (χ3n) is 6.98. The molecule has 0 bridgehead atoms. The van der Waals surface area contributed by atoms with E-state index in [1.54, 1.807) is 0 Å². The van der Waals surface area contributed by atoms with Crippen LogP contribution in [0.25, 0.3) is 16.3 Å². The lowest BCUT2D eigenvalue weighted by molar-refractivity contribution is -0.134. The van der Waals surface area contributed by atoms with E-state index in [0.717, 1.165) is 13.1 Å². The molecule has 38 heavy (non-hydrogen) atoms. The van der Waals surface area contributed by atoms with Crippen molar-refractivity contribution in [3.05, 3.63) is 23.5 Å². The predicted molar refractivity (Wildman–Crippen MR) is 127 cm³/mol. The molecule has 0 amide bonds. The van der Waals surface area contributed by atoms with Crippen molar-refractivity contribution in [2.75, 3.05) is 57.5 Å². The van der Waals surface area contributed by atoms with Gasteiger partial charge in [-0.25, -0.2) is 31.0 Å². The summed E-state index contributed by atoms with van der Waals surface area (Å²) in [4.78, 5) is 8.35. The quantitative estimate of drug-likeness (QED) is 0.419. The first-order valence-electron chi connectivity index (χ1n) is 11.8. The van der Waals surface area contributed by atoms with Gasteiger partial charge in [0.05, 0.1) is 49.9 Å². The first kappa shape index (κ1) is 25.8. The summed E-state index contributed by atoms with van der Waals surface area (Å²) in [5, 5.41) is 6.88. The Morgan fingerprint density at radius 1 is 1.13 bits per heavy atom. The fraction of sp³-hybridized carbons (Fsp3) is 0.571. The van der Waals surface area contributed by atoms with Gasteiger partial charge in [0.1, 0.15) is 10.4 Å². The van der Waals surface area contributed by atoms with Crippen molar-refractivity contribution in [1.82, 2.24) is 29.2 Å². The number of nitrogens with one attached hydrogen (secondary N) is 1. The zero-order valence-electron chi connectivity index (χ0n) is 19.8. The number of ether oxygens (including phenoxy) is 2. The zero-order valence-corrected chi connectivity index (χ0v) is 21.4. The second kappa shape index (κ2) is 9.63. The monoisotopic (exact) mass is 577 g/mol. The Morgan fingerprint density at radius 2 is 1.95 bits per heavy atom. The average Bonchev–Trinajstić information content (AvgIpc) is 3.52. The summed E-state index contributed by atoms with van der Waals surface area (Å²) < 4.78 is 94.7. The molecule has 3 aromatic heterocycles. The summed E-state index contributed by atoms with van der Waals surface area (Å²) in [6, 6.07) is 1.51. The van der Waals surface area contributed by atoms with E-state index in [-0.39, 0.29) is 21.8 Å². The third kappa shape index (κ3) is 4.44. The Balaban J connectivity index is 1.45. The number of pyridine rings is 1. The van der Waals surface area contributed by atoms with Crippen LogP contribution in [0.1, 0.15) is 11.4 Å². The number of piperazine rings is 1. The van der Waals surface area contributed by atoms with Crippen molar-refractivity contribution in [3.8, 4) is 10.8 Å². The van der Waals surface area contributed by atoms with Gasteiger partial charge in [-0.15, -0.1) is 10.2 Å². The highest BCUT2D eigenvalue weighted by atomic mass is 32.2. The number of nitrogens with zero attached hydrogens (tertiary/aromatic N) is 6. The van der Waals surface area contributed by atoms with Crippen molar-refractivity contribution in [1.29, 1.82) is 0 Å². The van der Waals surface area contributed by atoms with Crippen molar-refractivity contribution in [2.24, 2.45) is 0 Å². The number of hydrogen-bond donors (Lipinski definition) is 1. The van der Waals surface area contributed by atoms with Crippen molar-refractivity contribution in [2.45, 2.75) is 29.3 Å². The molecule has 0 radical (unpaired) electrons. The number of morpholine rings is 1. The van der Waals surface area contributed by atoms with Crippen LogP contribution in [0.3, 0.4) is 0 Å². The molecule has 0 saturated carbocycles. The minimum atomic E-state index is -4.46. The van der Waals surface area contributed by atoms with Crippen LogP contribution in [-0.4, -0.2) is 104 Å². The number of halogens is 4. The minimum Gasteiger partial charge on any atom is -0.378 e. The van der Waals surface area contributed by atoms with E-state index in [2.05, 4.69) is 24.8 Å². The summed E-state index contributed by atoms with van der Waals surface area (Å²) in [6.45, 7) is 2.88. The normalized spacial score (nSPS) is 22.3. The lowest BCUT2D eigenvalue weighted by Gasteiger charge is -2.44. The molecular formula is C21H23F4N7O4S2. The summed E-state index contributed by atoms with van der Waals surface area (Å²) in [5.41, 5.74) is -1.01. The van der Waals surface area contributed by atoms with E-state index in [0.29, 0.717) is 48.8 Å². The molecule has 206 valence electrons. The summed E-state index contributed by atoms with van der Waals surface area (Å²) >= 11 is 0.637. The van der Waals surface area contributed by atoms with Crippen LogP contribution in [0.2, 0.25) is 0 Å². The van der Waals surface area contributed by atoms with Gasteiger partial charge in [-0.05, 0) is 6.07 Å². The molecule has 3 saturated heterocycles. The standard InChI is InChI=1S/C21H23F4N7O4S2/c22-16(23)18-27-28-19(37-18)17-26-6-15-14(31-2-1-30-3-4-35-9-12(30)7-31)5-13(8-32(15)17)38(33,34)29-21(20(24)25)10-36-11-21/h5-6,8,12,16,20,29H,1-4,7,9-11H2/t12-/m1/s1. The van der Waals surface area contributed by atoms with E-state index < -0.39 is 46.6 Å². The Kier molecular flexibility index (Phi) is 6.55. The van der Waals surface area contributed by atoms with Crippen molar-refractivity contribution in [3.63, 3.8) is 0 Å². The van der Waals surface area contributed by atoms with E-state index in [1.165, 1.54) is 22.9 Å². The summed E-state index contributed by atoms with van der Waals surface area (Å²) in [6.07, 6.45) is -3.08. The van der Waals surface area contributed by atoms with E-state index in [1.807, 2.05) is 4.90 Å². The van der Waals surface area contributed by atoms with Crippen LogP contribution in [0.15, 0.2) is 23.4 Å². The summed E-state index contributed by atoms with van der Waals surface area (Å²) in [7, 11) is -4.46. The van der Waals surface area contributed by atoms with Crippen LogP contribution in [0, 0.1) is 0 Å². The number of imidazole rings is 1. The molecule has 1 N–H and O–H groups in total. The number of sulfonamides is 1. The first-order chi connectivity index (χ1) is 18.2. The molecule has 3 aliphatic heterocycles. The number of rotatable bonds is 7. The van der Waals surface area contributed by atoms with Gasteiger partial charge >= 0.3 is 0 Å². The van der Waals surface area contributed by atoms with Crippen LogP contribution >= 0.6 is 11.3 Å². The molecule has 0 aliphatic carbocycles. The number of hydrogen-bond acceptors (Lipinski definition) is 10. The average molecular weight is 578 g/mol. The SMILES string of the molecule is O=S(=O)(NC1(C(F)F)COC1)c1cc(N2CCN3CCOC[C@H]3C2)c2cnc(-c3nnc(C(F)F)s3)n2c1. The molecular weight excluding hydrogens is 554 g/mol. The molecule has 6 rings (SSSR count). The fourth-order valence-electron chi connectivity index (χ4n) is 4.87. The largest absolute Gasteiger partial charge is 0.378 e. The molecule has 3 fully saturated rings. The van der Waals surface area contributed by atoms with Gasteiger partial charge in [0.2, 0.25) is 10.0 Å². The number of alkyl halides is 4. The van der Waals surface area contributed by atoms with E-state index in [4.69, 9.17) is 9.47 Å². The zero-order chi connectivity index (χ0) is 26.7. The van der Waals surface area contributed by atoms with Crippen molar-refractivity contribution < 1.29 is 35.5 Å². The van der Waals surface area contributed by atoms with Crippen LogP contribution in [-0.2, 0) is 19.5 Å². The molecule has 3 aromatic rings. The molecule has 0 spiro atoms. The van der Waals surface area contributed by atoms with Crippen LogP contribution < -0.4 is 9.62 Å². The fourth-order valence-corrected chi connectivity index (χ4v) is 6.93. The number of aromatic nitrogens is 4. The Labute approximate surface area is 218 Å². The minimum absolute atomic E-state index is 0.0655. The Morgan fingerprint density at radius 3 is 2.63 bits per heavy atom. The van der Waals surface area contributed by atoms with Crippen molar-refractivity contribution >= 4 is 32.6 Å². The number of fused-ring (bicyclic) bond motifs is 2. The Bertz CT molecular complexity index is 1450. The molecule has 0 aromatic carbocycles. The van der Waals surface area contributed by atoms with Gasteiger partial charge in [0, 0.05) is 32.4 Å². The molecule has 0 unspecified atom stereocenters. The lowest BCUT2D eigenvalue weighted by atomic mass is 10.0. The van der Waals surface area contributed by atoms with Gasteiger partial charge in [-0.3, -0.25) is 9.30 Å². The highest BCUT2D eigenvalue weighted by molar-refractivity contribution is 7.89. The Hall–Kier alpha value is -2.44. The number of anilines is 1. The maximum absolute atomic E-state index is 13.7. The van der Waals surface area contributed by atoms with E-state index >= 15 is 0 Å². The molecule has 3 aliphatic rings. The van der Waals surface area contributed by atoms with Gasteiger partial charge in [-0.1, -0.05) is 11.3 Å². The smallest absolute Gasteiger partial charge is 0.291 e. The topological polar surface area (TPSA) is 114 Å². The first-order valence-corrected chi connectivity index (χ1v) is 14.1. The van der Waals surface area contributed by atoms with Crippen LogP contribution in [0.4, 0.5) is 23.2 Å². The van der Waals surface area contributed by atoms with Crippen LogP contribution in [0.5, 0.6) is 0 Å². The lowest BCUT2D eigenvalue weighted by Crippen LogP contribution is -2.66. The van der Waals surface area contributed by atoms with Gasteiger partial charge < -0.3 is 14.4 Å². The predicted octanol–water partition coefficient (Wildman–Crippen LogP) is 1.62. The van der Waals surface area contributed by atoms with Gasteiger partial charge in [0.25, 0.3) is 12.9 Å². The highest BCUT2D eigenvalue weighted by Crippen LogP contribution is 2.35. The molecule has 17 heteroatoms. The molecule has 6 heterocycles. The summed E-state index contributed by atoms with van der Waals surface area (Å²) in [5.74, 6) is 0.109. The van der Waals surface area contributed by atoms with Gasteiger partial charge in [0.15, 0.2) is 15.8 Å². The molecule has 1 atom stereocenters. The third-order valence-corrected chi connectivity index (χ3v) is 9.42. The molecule has 11 nitrogen and oxygen atoms in total. The van der Waals surface area contributed by atoms with E-state index in [9.17, 15) is 26.0 Å². The van der Waals surface area contributed by atoms with Gasteiger partial charge in [-0.2, -0.15) is 4.72 Å². The maximum atomic E-state index is 13.7. The second-order valence-corrected chi connectivity index (χ2v) is 12.1. The maximum Gasteiger partial charge on any atom is 0.291 e.